The molecule has 0 radical (unpaired) electrons. The molecule has 110 valence electrons. The number of nitrogens with zero attached hydrogens (tertiary/aromatic N) is 2. The molecule has 2 rings (SSSR count). The zero-order valence-electron chi connectivity index (χ0n) is 12.5. The Bertz CT molecular complexity index is 609. The van der Waals surface area contributed by atoms with Gasteiger partial charge in [-0.3, -0.25) is 4.79 Å². The average Bonchev–Trinajstić information content (AvgIpc) is 2.53. The quantitative estimate of drug-likeness (QED) is 0.916. The van der Waals surface area contributed by atoms with Crippen molar-refractivity contribution in [3.05, 3.63) is 53.7 Å². The SMILES string of the molecule is COc1cccc(CNc2ccc(C(=O)N(C)C)cc2)n1. The van der Waals surface area contributed by atoms with E-state index in [1.807, 2.05) is 42.5 Å². The smallest absolute Gasteiger partial charge is 0.253 e. The van der Waals surface area contributed by atoms with Crippen LogP contribution in [0.15, 0.2) is 42.5 Å². The number of nitrogens with one attached hydrogen (secondary N) is 1. The van der Waals surface area contributed by atoms with Crippen molar-refractivity contribution in [2.24, 2.45) is 0 Å². The Morgan fingerprint density at radius 2 is 1.90 bits per heavy atom. The van der Waals surface area contributed by atoms with Crippen molar-refractivity contribution < 1.29 is 9.53 Å². The van der Waals surface area contributed by atoms with Gasteiger partial charge < -0.3 is 15.0 Å². The second-order valence-corrected chi connectivity index (χ2v) is 4.80. The van der Waals surface area contributed by atoms with Crippen LogP contribution in [0.3, 0.4) is 0 Å². The number of carbonyl (C=O) groups is 1. The maximum Gasteiger partial charge on any atom is 0.253 e. The number of hydrogen-bond donors (Lipinski definition) is 1. The minimum absolute atomic E-state index is 0.00369. The summed E-state index contributed by atoms with van der Waals surface area (Å²) in [5.74, 6) is 0.595. The van der Waals surface area contributed by atoms with Crippen molar-refractivity contribution in [1.29, 1.82) is 0 Å². The molecular formula is C16H19N3O2. The van der Waals surface area contributed by atoms with Crippen molar-refractivity contribution in [1.82, 2.24) is 9.88 Å². The highest BCUT2D eigenvalue weighted by Gasteiger charge is 2.07. The first kappa shape index (κ1) is 14.8. The number of carbonyl (C=O) groups excluding carboxylic acids is 1. The lowest BCUT2D eigenvalue weighted by Crippen LogP contribution is -2.21. The second kappa shape index (κ2) is 6.74. The fraction of sp³-hybridized carbons (Fsp3) is 0.250. The lowest BCUT2D eigenvalue weighted by atomic mass is 10.2. The van der Waals surface area contributed by atoms with E-state index in [0.29, 0.717) is 18.0 Å². The number of anilines is 1. The number of benzene rings is 1. The van der Waals surface area contributed by atoms with Crippen molar-refractivity contribution in [3.63, 3.8) is 0 Å². The summed E-state index contributed by atoms with van der Waals surface area (Å²) in [6.07, 6.45) is 0. The van der Waals surface area contributed by atoms with Gasteiger partial charge in [0, 0.05) is 31.4 Å². The first-order valence-electron chi connectivity index (χ1n) is 6.65. The van der Waals surface area contributed by atoms with Gasteiger partial charge in [0.2, 0.25) is 5.88 Å². The molecule has 0 fully saturated rings. The molecule has 1 heterocycles. The second-order valence-electron chi connectivity index (χ2n) is 4.80. The zero-order valence-corrected chi connectivity index (χ0v) is 12.5. The lowest BCUT2D eigenvalue weighted by Gasteiger charge is -2.11. The summed E-state index contributed by atoms with van der Waals surface area (Å²) in [4.78, 5) is 17.7. The molecule has 0 spiro atoms. The molecule has 0 saturated carbocycles. The van der Waals surface area contributed by atoms with E-state index < -0.39 is 0 Å². The van der Waals surface area contributed by atoms with Gasteiger partial charge in [-0.2, -0.15) is 0 Å². The van der Waals surface area contributed by atoms with Gasteiger partial charge in [0.1, 0.15) is 0 Å². The fourth-order valence-corrected chi connectivity index (χ4v) is 1.85. The average molecular weight is 285 g/mol. The van der Waals surface area contributed by atoms with Crippen LogP contribution in [0.2, 0.25) is 0 Å². The van der Waals surface area contributed by atoms with E-state index in [9.17, 15) is 4.79 Å². The lowest BCUT2D eigenvalue weighted by molar-refractivity contribution is 0.0827. The van der Waals surface area contributed by atoms with Crippen LogP contribution < -0.4 is 10.1 Å². The van der Waals surface area contributed by atoms with Crippen molar-refractivity contribution >= 4 is 11.6 Å². The molecule has 0 unspecified atom stereocenters. The summed E-state index contributed by atoms with van der Waals surface area (Å²) < 4.78 is 5.09. The third-order valence-corrected chi connectivity index (χ3v) is 3.00. The van der Waals surface area contributed by atoms with Gasteiger partial charge in [0.15, 0.2) is 0 Å². The first-order chi connectivity index (χ1) is 10.1. The minimum atomic E-state index is -0.00369. The Kier molecular flexibility index (Phi) is 4.77. The van der Waals surface area contributed by atoms with Crippen LogP contribution in [0.4, 0.5) is 5.69 Å². The van der Waals surface area contributed by atoms with E-state index >= 15 is 0 Å². The number of ether oxygens (including phenoxy) is 1. The molecule has 1 N–H and O–H groups in total. The zero-order chi connectivity index (χ0) is 15.2. The molecule has 0 atom stereocenters. The highest BCUT2D eigenvalue weighted by atomic mass is 16.5. The van der Waals surface area contributed by atoms with Gasteiger partial charge in [-0.15, -0.1) is 0 Å². The molecule has 1 aromatic carbocycles. The van der Waals surface area contributed by atoms with Crippen LogP contribution in [0.1, 0.15) is 16.1 Å². The summed E-state index contributed by atoms with van der Waals surface area (Å²) in [5.41, 5.74) is 2.50. The van der Waals surface area contributed by atoms with Crippen LogP contribution in [0.25, 0.3) is 0 Å². The van der Waals surface area contributed by atoms with Gasteiger partial charge in [-0.25, -0.2) is 4.98 Å². The largest absolute Gasteiger partial charge is 0.481 e. The number of rotatable bonds is 5. The molecule has 0 aliphatic heterocycles. The number of hydrogen-bond acceptors (Lipinski definition) is 4. The van der Waals surface area contributed by atoms with E-state index in [4.69, 9.17) is 4.74 Å². The third-order valence-electron chi connectivity index (χ3n) is 3.00. The molecular weight excluding hydrogens is 266 g/mol. The molecule has 1 amide bonds. The summed E-state index contributed by atoms with van der Waals surface area (Å²) >= 11 is 0. The maximum atomic E-state index is 11.8. The fourth-order valence-electron chi connectivity index (χ4n) is 1.85. The Hall–Kier alpha value is -2.56. The first-order valence-corrected chi connectivity index (χ1v) is 6.65. The molecule has 0 aliphatic rings. The maximum absolute atomic E-state index is 11.8. The normalized spacial score (nSPS) is 10.0. The monoisotopic (exact) mass is 285 g/mol. The molecule has 5 nitrogen and oxygen atoms in total. The number of amides is 1. The van der Waals surface area contributed by atoms with Crippen LogP contribution >= 0.6 is 0 Å². The van der Waals surface area contributed by atoms with Crippen LogP contribution in [-0.2, 0) is 6.54 Å². The van der Waals surface area contributed by atoms with Crippen LogP contribution in [0.5, 0.6) is 5.88 Å². The third kappa shape index (κ3) is 3.95. The molecule has 2 aromatic rings. The summed E-state index contributed by atoms with van der Waals surface area (Å²) in [7, 11) is 5.08. The molecule has 0 aliphatic carbocycles. The topological polar surface area (TPSA) is 54.5 Å². The molecule has 21 heavy (non-hydrogen) atoms. The van der Waals surface area contributed by atoms with E-state index in [1.165, 1.54) is 0 Å². The predicted octanol–water partition coefficient (Wildman–Crippen LogP) is 2.40. The van der Waals surface area contributed by atoms with Gasteiger partial charge in [-0.1, -0.05) is 6.07 Å². The van der Waals surface area contributed by atoms with E-state index in [-0.39, 0.29) is 5.91 Å². The highest BCUT2D eigenvalue weighted by molar-refractivity contribution is 5.94. The number of pyridine rings is 1. The van der Waals surface area contributed by atoms with Gasteiger partial charge >= 0.3 is 0 Å². The van der Waals surface area contributed by atoms with Gasteiger partial charge in [0.25, 0.3) is 5.91 Å². The molecule has 0 saturated heterocycles. The van der Waals surface area contributed by atoms with Crippen LogP contribution in [0, 0.1) is 0 Å². The number of aromatic nitrogens is 1. The number of methoxy groups -OCH3 is 1. The molecule has 1 aromatic heterocycles. The van der Waals surface area contributed by atoms with Crippen molar-refractivity contribution in [3.8, 4) is 5.88 Å². The molecule has 5 heteroatoms. The minimum Gasteiger partial charge on any atom is -0.481 e. The Balaban J connectivity index is 1.99. The van der Waals surface area contributed by atoms with E-state index in [2.05, 4.69) is 10.3 Å². The summed E-state index contributed by atoms with van der Waals surface area (Å²) in [6.45, 7) is 0.595. The van der Waals surface area contributed by atoms with E-state index in [1.54, 1.807) is 26.1 Å². The van der Waals surface area contributed by atoms with Crippen molar-refractivity contribution in [2.45, 2.75) is 6.54 Å². The summed E-state index contributed by atoms with van der Waals surface area (Å²) in [6, 6.07) is 13.0. The Labute approximate surface area is 124 Å². The Morgan fingerprint density at radius 3 is 2.52 bits per heavy atom. The standard InChI is InChI=1S/C16H19N3O2/c1-19(2)16(20)12-7-9-13(10-8-12)17-11-14-5-4-6-15(18-14)21-3/h4-10,17H,11H2,1-3H3. The van der Waals surface area contributed by atoms with Gasteiger partial charge in [0.05, 0.1) is 19.3 Å². The Morgan fingerprint density at radius 1 is 1.19 bits per heavy atom. The predicted molar refractivity (Wildman–Crippen MR) is 82.6 cm³/mol. The van der Waals surface area contributed by atoms with Crippen LogP contribution in [-0.4, -0.2) is 37.0 Å². The molecule has 0 bridgehead atoms. The van der Waals surface area contributed by atoms with Gasteiger partial charge in [-0.05, 0) is 30.3 Å². The highest BCUT2D eigenvalue weighted by Crippen LogP contribution is 2.13. The van der Waals surface area contributed by atoms with Crippen molar-refractivity contribution in [2.75, 3.05) is 26.5 Å². The van der Waals surface area contributed by atoms with E-state index in [0.717, 1.165) is 11.4 Å². The summed E-state index contributed by atoms with van der Waals surface area (Å²) in [5, 5.41) is 3.26.